The molecule has 0 aliphatic carbocycles. The van der Waals surface area contributed by atoms with E-state index in [2.05, 4.69) is 24.2 Å². The van der Waals surface area contributed by atoms with Crippen molar-refractivity contribution in [2.45, 2.75) is 46.6 Å². The number of aliphatic hydroxyl groups is 1. The Balaban J connectivity index is 0. The Morgan fingerprint density at radius 2 is 2.00 bits per heavy atom. The molecule has 104 valence electrons. The van der Waals surface area contributed by atoms with E-state index in [1.165, 1.54) is 19.5 Å². The highest BCUT2D eigenvalue weighted by Crippen LogP contribution is 2.11. The van der Waals surface area contributed by atoms with E-state index in [0.717, 1.165) is 5.92 Å². The van der Waals surface area contributed by atoms with Crippen LogP contribution < -0.4 is 5.32 Å². The van der Waals surface area contributed by atoms with Crippen molar-refractivity contribution < 1.29 is 9.90 Å². The second-order valence-corrected chi connectivity index (χ2v) is 4.97. The first-order valence-corrected chi connectivity index (χ1v) is 6.43. The van der Waals surface area contributed by atoms with Gasteiger partial charge in [-0.25, -0.2) is 0 Å². The molecule has 0 aromatic rings. The summed E-state index contributed by atoms with van der Waals surface area (Å²) >= 11 is 0. The number of hydrogen-bond donors (Lipinski definition) is 2. The molecule has 0 spiro atoms. The molecule has 1 unspecified atom stereocenters. The van der Waals surface area contributed by atoms with E-state index >= 15 is 0 Å². The van der Waals surface area contributed by atoms with Gasteiger partial charge in [0.05, 0.1) is 5.60 Å². The van der Waals surface area contributed by atoms with E-state index in [1.54, 1.807) is 13.8 Å². The first-order valence-electron chi connectivity index (χ1n) is 6.43. The molecule has 1 aliphatic rings. The molecule has 1 saturated heterocycles. The van der Waals surface area contributed by atoms with Gasteiger partial charge in [-0.2, -0.15) is 0 Å². The molecule has 1 aliphatic heterocycles. The maximum atomic E-state index is 9.63. The van der Waals surface area contributed by atoms with Gasteiger partial charge in [0.15, 0.2) is 0 Å². The Morgan fingerprint density at radius 1 is 1.47 bits per heavy atom. The third-order valence-electron chi connectivity index (χ3n) is 2.24. The summed E-state index contributed by atoms with van der Waals surface area (Å²) in [5, 5.41) is 11.3. The van der Waals surface area contributed by atoms with Crippen LogP contribution in [-0.4, -0.2) is 48.7 Å². The van der Waals surface area contributed by atoms with Gasteiger partial charge in [-0.05, 0) is 39.8 Å². The van der Waals surface area contributed by atoms with Crippen LogP contribution in [0.1, 0.15) is 41.0 Å². The lowest BCUT2D eigenvalue weighted by atomic mass is 10.1. The predicted octanol–water partition coefficient (Wildman–Crippen LogP) is 1.49. The molecular weight excluding hydrogens is 216 g/mol. The van der Waals surface area contributed by atoms with Gasteiger partial charge in [0.25, 0.3) is 0 Å². The van der Waals surface area contributed by atoms with Crippen LogP contribution in [-0.2, 0) is 4.79 Å². The van der Waals surface area contributed by atoms with Crippen molar-refractivity contribution in [3.8, 4) is 0 Å². The summed E-state index contributed by atoms with van der Waals surface area (Å²) in [6.45, 7) is 12.5. The lowest BCUT2D eigenvalue weighted by Gasteiger charge is -2.14. The molecule has 0 saturated carbocycles. The number of nitrogens with zero attached hydrogens (tertiary/aromatic N) is 1. The van der Waals surface area contributed by atoms with Crippen LogP contribution in [0.5, 0.6) is 0 Å². The summed E-state index contributed by atoms with van der Waals surface area (Å²) in [5.41, 5.74) is -0.791. The van der Waals surface area contributed by atoms with Crippen molar-refractivity contribution in [1.29, 1.82) is 0 Å². The minimum absolute atomic E-state index is 0.302. The summed E-state index contributed by atoms with van der Waals surface area (Å²) in [6, 6.07) is 0. The minimum atomic E-state index is -0.791. The van der Waals surface area contributed by atoms with Crippen molar-refractivity contribution in [2.75, 3.05) is 26.7 Å². The predicted molar refractivity (Wildman–Crippen MR) is 73.0 cm³/mol. The molecular formula is C13H30N2O2. The second kappa shape index (κ2) is 10.5. The molecule has 17 heavy (non-hydrogen) atoms. The van der Waals surface area contributed by atoms with Gasteiger partial charge < -0.3 is 15.3 Å². The summed E-state index contributed by atoms with van der Waals surface area (Å²) in [6.07, 6.45) is 1.97. The maximum Gasteiger partial charge on any atom is 0.207 e. The van der Waals surface area contributed by atoms with E-state index in [1.807, 2.05) is 13.8 Å². The van der Waals surface area contributed by atoms with Crippen molar-refractivity contribution in [1.82, 2.24) is 10.2 Å². The first-order chi connectivity index (χ1) is 7.85. The monoisotopic (exact) mass is 246 g/mol. The fourth-order valence-electron chi connectivity index (χ4n) is 1.45. The molecule has 1 atom stereocenters. The third-order valence-corrected chi connectivity index (χ3v) is 2.24. The number of likely N-dealkylation sites (tertiary alicyclic amines) is 1. The number of amides is 1. The number of hydrogen-bond acceptors (Lipinski definition) is 3. The lowest BCUT2D eigenvalue weighted by molar-refractivity contribution is -0.110. The van der Waals surface area contributed by atoms with Gasteiger partial charge in [-0.3, -0.25) is 4.79 Å². The topological polar surface area (TPSA) is 52.6 Å². The highest BCUT2D eigenvalue weighted by molar-refractivity contribution is 5.45. The van der Waals surface area contributed by atoms with E-state index in [0.29, 0.717) is 13.0 Å². The zero-order chi connectivity index (χ0) is 13.9. The summed E-state index contributed by atoms with van der Waals surface area (Å²) < 4.78 is 0. The highest BCUT2D eigenvalue weighted by Gasteiger charge is 2.13. The van der Waals surface area contributed by atoms with Crippen LogP contribution in [0.4, 0.5) is 0 Å². The smallest absolute Gasteiger partial charge is 0.207 e. The Morgan fingerprint density at radius 3 is 2.12 bits per heavy atom. The van der Waals surface area contributed by atoms with Gasteiger partial charge in [-0.15, -0.1) is 0 Å². The SMILES string of the molecule is CC.CC(C)(O)CNC=O.CC1CCN(C)C1. The zero-order valence-electron chi connectivity index (χ0n) is 12.3. The molecule has 0 aromatic carbocycles. The third kappa shape index (κ3) is 15.4. The second-order valence-electron chi connectivity index (χ2n) is 4.97. The average molecular weight is 246 g/mol. The first kappa shape index (κ1) is 18.7. The van der Waals surface area contributed by atoms with Crippen LogP contribution in [0, 0.1) is 5.92 Å². The van der Waals surface area contributed by atoms with Crippen LogP contribution >= 0.6 is 0 Å². The molecule has 0 aromatic heterocycles. The highest BCUT2D eigenvalue weighted by atomic mass is 16.3. The van der Waals surface area contributed by atoms with Crippen molar-refractivity contribution in [2.24, 2.45) is 5.92 Å². The van der Waals surface area contributed by atoms with Gasteiger partial charge >= 0.3 is 0 Å². The minimum Gasteiger partial charge on any atom is -0.389 e. The number of carbonyl (C=O) groups excluding carboxylic acids is 1. The van der Waals surface area contributed by atoms with Crippen molar-refractivity contribution in [3.63, 3.8) is 0 Å². The largest absolute Gasteiger partial charge is 0.389 e. The van der Waals surface area contributed by atoms with Crippen LogP contribution in [0.2, 0.25) is 0 Å². The Hall–Kier alpha value is -0.610. The number of carbonyl (C=O) groups is 1. The fraction of sp³-hybridized carbons (Fsp3) is 0.923. The zero-order valence-corrected chi connectivity index (χ0v) is 12.3. The van der Waals surface area contributed by atoms with Crippen LogP contribution in [0.25, 0.3) is 0 Å². The van der Waals surface area contributed by atoms with Gasteiger partial charge in [0.2, 0.25) is 6.41 Å². The Kier molecular flexibility index (Phi) is 11.6. The van der Waals surface area contributed by atoms with Gasteiger partial charge in [-0.1, -0.05) is 20.8 Å². The lowest BCUT2D eigenvalue weighted by Crippen LogP contribution is -2.33. The van der Waals surface area contributed by atoms with Crippen molar-refractivity contribution in [3.05, 3.63) is 0 Å². The van der Waals surface area contributed by atoms with Crippen LogP contribution in [0.3, 0.4) is 0 Å². The molecule has 0 bridgehead atoms. The van der Waals surface area contributed by atoms with E-state index in [-0.39, 0.29) is 0 Å². The molecule has 0 radical (unpaired) electrons. The molecule has 1 fully saturated rings. The van der Waals surface area contributed by atoms with E-state index < -0.39 is 5.60 Å². The summed E-state index contributed by atoms with van der Waals surface area (Å²) in [5.74, 6) is 0.949. The fourth-order valence-corrected chi connectivity index (χ4v) is 1.45. The van der Waals surface area contributed by atoms with Gasteiger partial charge in [0.1, 0.15) is 0 Å². The standard InChI is InChI=1S/C6H13N.C5H11NO2.C2H6/c1-6-3-4-7(2)5-6;1-5(2,8)3-6-4-7;1-2/h6H,3-5H2,1-2H3;4,8H,3H2,1-2H3,(H,6,7);1-2H3. The summed E-state index contributed by atoms with van der Waals surface area (Å²) in [7, 11) is 2.18. The number of nitrogens with one attached hydrogen (secondary N) is 1. The van der Waals surface area contributed by atoms with Crippen molar-refractivity contribution >= 4 is 6.41 Å². The van der Waals surface area contributed by atoms with E-state index in [4.69, 9.17) is 5.11 Å². The Labute approximate surface area is 106 Å². The number of rotatable bonds is 3. The maximum absolute atomic E-state index is 9.63. The van der Waals surface area contributed by atoms with Crippen LogP contribution in [0.15, 0.2) is 0 Å². The molecule has 1 amide bonds. The average Bonchev–Trinajstić information content (AvgIpc) is 2.62. The molecule has 1 heterocycles. The van der Waals surface area contributed by atoms with Gasteiger partial charge in [0, 0.05) is 13.1 Å². The molecule has 4 nitrogen and oxygen atoms in total. The normalized spacial score (nSPS) is 19.6. The molecule has 4 heteroatoms. The quantitative estimate of drug-likeness (QED) is 0.742. The Bertz CT molecular complexity index is 171. The van der Waals surface area contributed by atoms with E-state index in [9.17, 15) is 4.79 Å². The molecule has 1 rings (SSSR count). The summed E-state index contributed by atoms with van der Waals surface area (Å²) in [4.78, 5) is 12.0. The molecule has 2 N–H and O–H groups in total.